The van der Waals surface area contributed by atoms with Crippen molar-refractivity contribution in [2.24, 2.45) is 19.8 Å². The predicted molar refractivity (Wildman–Crippen MR) is 140 cm³/mol. The highest BCUT2D eigenvalue weighted by atomic mass is 35.5. The molecule has 0 spiro atoms. The number of halogens is 1. The molecule has 180 valence electrons. The second-order valence-corrected chi connectivity index (χ2v) is 9.39. The fraction of sp³-hybridized carbons (Fsp3) is 0.179. The van der Waals surface area contributed by atoms with Crippen molar-refractivity contribution in [3.8, 4) is 16.9 Å². The third kappa shape index (κ3) is 3.43. The van der Waals surface area contributed by atoms with Crippen LogP contribution in [0.1, 0.15) is 26.6 Å². The second-order valence-electron chi connectivity index (χ2n) is 8.98. The van der Waals surface area contributed by atoms with E-state index in [4.69, 9.17) is 26.2 Å². The molecule has 5 aromatic rings. The van der Waals surface area contributed by atoms with Crippen molar-refractivity contribution in [1.82, 2.24) is 19.3 Å². The molecule has 0 saturated carbocycles. The van der Waals surface area contributed by atoms with Crippen molar-refractivity contribution < 1.29 is 8.85 Å². The lowest BCUT2D eigenvalue weighted by molar-refractivity contribution is 0.321. The summed E-state index contributed by atoms with van der Waals surface area (Å²) < 4.78 is 32.9. The Kier molecular flexibility index (Phi) is 4.46. The zero-order valence-corrected chi connectivity index (χ0v) is 20.2. The van der Waals surface area contributed by atoms with E-state index in [2.05, 4.69) is 10.2 Å². The average molecular weight is 501 g/mol. The van der Waals surface area contributed by atoms with Gasteiger partial charge in [-0.1, -0.05) is 48.0 Å². The van der Waals surface area contributed by atoms with Crippen molar-refractivity contribution >= 4 is 22.5 Å². The van der Waals surface area contributed by atoms with Gasteiger partial charge < -0.3 is 19.6 Å². The first-order chi connectivity index (χ1) is 18.6. The highest BCUT2D eigenvalue weighted by Gasteiger charge is 2.37. The van der Waals surface area contributed by atoms with Crippen LogP contribution in [-0.4, -0.2) is 25.9 Å². The number of hydrogen-bond donors (Lipinski definition) is 1. The summed E-state index contributed by atoms with van der Waals surface area (Å²) in [6, 6.07) is 19.7. The number of nitrogens with two attached hydrogens (primary N) is 1. The van der Waals surface area contributed by atoms with Gasteiger partial charge in [-0.2, -0.15) is 0 Å². The molecule has 0 unspecified atom stereocenters. The predicted octanol–water partition coefficient (Wildman–Crippen LogP) is 4.17. The van der Waals surface area contributed by atoms with Gasteiger partial charge in [-0.25, -0.2) is 0 Å². The first-order valence-electron chi connectivity index (χ1n) is 12.9. The molecule has 2 aromatic heterocycles. The van der Waals surface area contributed by atoms with Crippen molar-refractivity contribution in [1.29, 1.82) is 0 Å². The van der Waals surface area contributed by atoms with E-state index in [1.807, 2.05) is 36.4 Å². The van der Waals surface area contributed by atoms with Crippen molar-refractivity contribution in [3.63, 3.8) is 0 Å². The normalized spacial score (nSPS) is 18.7. The molecule has 0 aliphatic carbocycles. The van der Waals surface area contributed by atoms with E-state index in [0.717, 1.165) is 15.7 Å². The zero-order valence-electron chi connectivity index (χ0n) is 22.4. The number of fused-ring (bicyclic) bond motifs is 6. The molecule has 3 heterocycles. The molecule has 6 rings (SSSR count). The number of rotatable bonds is 1. The van der Waals surface area contributed by atoms with E-state index in [-0.39, 0.29) is 5.52 Å². The molecule has 36 heavy (non-hydrogen) atoms. The molecular formula is C28H24ClN5O2. The Bertz CT molecular complexity index is 1810. The van der Waals surface area contributed by atoms with E-state index >= 15 is 0 Å². The molecule has 8 heteroatoms. The summed E-state index contributed by atoms with van der Waals surface area (Å²) in [4.78, 5) is 13.2. The van der Waals surface area contributed by atoms with E-state index in [1.54, 1.807) is 42.2 Å². The third-order valence-corrected chi connectivity index (χ3v) is 7.12. The Morgan fingerprint density at radius 2 is 1.94 bits per heavy atom. The Hall–Kier alpha value is -3.94. The highest BCUT2D eigenvalue weighted by Crippen LogP contribution is 2.39. The van der Waals surface area contributed by atoms with Crippen molar-refractivity contribution in [2.75, 3.05) is 6.61 Å². The van der Waals surface area contributed by atoms with Crippen LogP contribution in [0.5, 0.6) is 5.75 Å². The standard InChI is InChI=1S/C28H24ClN5O2/c1-33-16-31-32-27(33)28(30)19-7-9-24-22(13-19)21(15-26(35)34(24)2)18-5-3-4-17(12-18)10-11-36-25-14-20(28)6-8-23(25)29/h3-9,12-16H,10-11,30H2,1-2H3/t28-/m1/s1/i2D3. The van der Waals surface area contributed by atoms with Crippen molar-refractivity contribution in [3.05, 3.63) is 111 Å². The quantitative estimate of drug-likeness (QED) is 0.373. The number of hydrogen-bond acceptors (Lipinski definition) is 5. The summed E-state index contributed by atoms with van der Waals surface area (Å²) >= 11 is 6.51. The van der Waals surface area contributed by atoms with Gasteiger partial charge in [0.05, 0.1) is 17.1 Å². The molecule has 1 aliphatic heterocycles. The molecule has 0 radical (unpaired) electrons. The SMILES string of the molecule is [2H]C([2H])([2H])n1c(=O)cc2c3cc(ccc31)[C@](N)(c1nncn1C)c1ccc(Cl)c(c1)OCCc1cccc-2c1. The first kappa shape index (κ1) is 19.3. The van der Waals surface area contributed by atoms with Crippen LogP contribution < -0.4 is 16.0 Å². The maximum absolute atomic E-state index is 13.2. The summed E-state index contributed by atoms with van der Waals surface area (Å²) in [7, 11) is 1.80. The number of nitrogens with zero attached hydrogens (tertiary/aromatic N) is 4. The maximum atomic E-state index is 13.2. The molecule has 6 bridgehead atoms. The number of pyridine rings is 1. The van der Waals surface area contributed by atoms with Gasteiger partial charge in [0.1, 0.15) is 17.6 Å². The fourth-order valence-electron chi connectivity index (χ4n) is 4.91. The second kappa shape index (κ2) is 8.33. The Morgan fingerprint density at radius 1 is 1.11 bits per heavy atom. The molecule has 0 amide bonds. The summed E-state index contributed by atoms with van der Waals surface area (Å²) in [6.45, 7) is -2.32. The lowest BCUT2D eigenvalue weighted by Crippen LogP contribution is -2.41. The largest absolute Gasteiger partial charge is 0.492 e. The lowest BCUT2D eigenvalue weighted by atomic mass is 9.81. The van der Waals surface area contributed by atoms with Gasteiger partial charge in [0.2, 0.25) is 0 Å². The molecule has 0 saturated heterocycles. The topological polar surface area (TPSA) is 88.0 Å². The fourth-order valence-corrected chi connectivity index (χ4v) is 5.09. The highest BCUT2D eigenvalue weighted by molar-refractivity contribution is 6.32. The smallest absolute Gasteiger partial charge is 0.251 e. The number of ether oxygens (including phenoxy) is 1. The molecule has 3 aromatic carbocycles. The van der Waals surface area contributed by atoms with Gasteiger partial charge in [-0.3, -0.25) is 4.79 Å². The zero-order chi connectivity index (χ0) is 27.5. The Morgan fingerprint density at radius 3 is 2.75 bits per heavy atom. The minimum absolute atomic E-state index is 0.277. The van der Waals surface area contributed by atoms with Gasteiger partial charge in [0, 0.05) is 36.0 Å². The van der Waals surface area contributed by atoms with Gasteiger partial charge in [-0.15, -0.1) is 10.2 Å². The third-order valence-electron chi connectivity index (χ3n) is 6.81. The van der Waals surface area contributed by atoms with Crippen LogP contribution in [0.15, 0.2) is 77.9 Å². The molecule has 7 nitrogen and oxygen atoms in total. The van der Waals surface area contributed by atoms with Gasteiger partial charge in [0.15, 0.2) is 5.82 Å². The molecule has 2 N–H and O–H groups in total. The number of aryl methyl sites for hydroxylation is 2. The number of aromatic nitrogens is 4. The summed E-state index contributed by atoms with van der Waals surface area (Å²) in [5, 5.41) is 9.43. The maximum Gasteiger partial charge on any atom is 0.251 e. The van der Waals surface area contributed by atoms with E-state index < -0.39 is 18.1 Å². The van der Waals surface area contributed by atoms with Crippen LogP contribution >= 0.6 is 11.6 Å². The molecule has 0 fully saturated rings. The van der Waals surface area contributed by atoms with Crippen LogP contribution in [0, 0.1) is 0 Å². The van der Waals surface area contributed by atoms with Gasteiger partial charge >= 0.3 is 0 Å². The van der Waals surface area contributed by atoms with Gasteiger partial charge in [-0.05, 0) is 52.1 Å². The van der Waals surface area contributed by atoms with Crippen molar-refractivity contribution in [2.45, 2.75) is 12.0 Å². The van der Waals surface area contributed by atoms with E-state index in [9.17, 15) is 4.79 Å². The van der Waals surface area contributed by atoms with Crippen LogP contribution in [0.4, 0.5) is 0 Å². The minimum atomic E-state index is -2.68. The minimum Gasteiger partial charge on any atom is -0.492 e. The lowest BCUT2D eigenvalue weighted by Gasteiger charge is -2.31. The number of benzene rings is 3. The first-order valence-corrected chi connectivity index (χ1v) is 11.8. The van der Waals surface area contributed by atoms with Crippen LogP contribution in [0.3, 0.4) is 0 Å². The Labute approximate surface area is 216 Å². The van der Waals surface area contributed by atoms with Crippen LogP contribution in [-0.2, 0) is 26.0 Å². The Balaban J connectivity index is 1.77. The van der Waals surface area contributed by atoms with E-state index in [1.165, 1.54) is 6.07 Å². The summed E-state index contributed by atoms with van der Waals surface area (Å²) in [5.41, 5.74) is 9.24. The van der Waals surface area contributed by atoms with Crippen LogP contribution in [0.2, 0.25) is 5.02 Å². The van der Waals surface area contributed by atoms with Crippen LogP contribution in [0.25, 0.3) is 22.0 Å². The monoisotopic (exact) mass is 500 g/mol. The summed E-state index contributed by atoms with van der Waals surface area (Å²) in [5.74, 6) is 0.937. The molecular weight excluding hydrogens is 474 g/mol. The average Bonchev–Trinajstić information content (AvgIpc) is 3.33. The molecule has 1 atom stereocenters. The van der Waals surface area contributed by atoms with Gasteiger partial charge in [0.25, 0.3) is 5.56 Å². The molecule has 1 aliphatic rings. The summed E-state index contributed by atoms with van der Waals surface area (Å²) in [6.07, 6.45) is 2.15. The van der Waals surface area contributed by atoms with E-state index in [0.29, 0.717) is 51.7 Å².